The first-order valence-corrected chi connectivity index (χ1v) is 12.5. The fourth-order valence-corrected chi connectivity index (χ4v) is 4.97. The molecule has 2 aliphatic rings. The molecule has 2 saturated heterocycles. The van der Waals surface area contributed by atoms with Gasteiger partial charge in [-0.2, -0.15) is 0 Å². The van der Waals surface area contributed by atoms with Crippen molar-refractivity contribution in [2.75, 3.05) is 33.2 Å². The number of nitrogens with one attached hydrogen (secondary N) is 2. The highest BCUT2D eigenvalue weighted by molar-refractivity contribution is 5.83. The number of hydrazine groups is 1. The third-order valence-corrected chi connectivity index (χ3v) is 7.01. The van der Waals surface area contributed by atoms with Crippen LogP contribution in [-0.4, -0.2) is 60.4 Å². The number of hydrogen-bond donors (Lipinski definition) is 2. The van der Waals surface area contributed by atoms with E-state index in [0.29, 0.717) is 18.2 Å². The Morgan fingerprint density at radius 1 is 0.972 bits per heavy atom. The molecule has 0 unspecified atom stereocenters. The molecule has 2 N–H and O–H groups in total. The summed E-state index contributed by atoms with van der Waals surface area (Å²) in [5.74, 6) is -3.36. The first kappa shape index (κ1) is 26.1. The van der Waals surface area contributed by atoms with E-state index < -0.39 is 17.5 Å². The fourth-order valence-electron chi connectivity index (χ4n) is 4.97. The Morgan fingerprint density at radius 2 is 1.64 bits per heavy atom. The molecule has 1 aromatic heterocycles. The van der Waals surface area contributed by atoms with E-state index in [0.717, 1.165) is 31.3 Å². The number of nitrogens with zero attached hydrogens (tertiary/aromatic N) is 2. The lowest BCUT2D eigenvalue weighted by Gasteiger charge is -2.37. The van der Waals surface area contributed by atoms with Crippen LogP contribution in [-0.2, 0) is 4.79 Å². The van der Waals surface area contributed by atoms with Gasteiger partial charge in [-0.05, 0) is 87.1 Å². The number of fused-ring (bicyclic) bond motifs is 1. The van der Waals surface area contributed by atoms with Crippen LogP contribution in [0.15, 0.2) is 48.7 Å². The monoisotopic (exact) mass is 498 g/mol. The Hall–Kier alpha value is -2.94. The smallest absolute Gasteiger partial charge is 0.194 e. The minimum Gasteiger partial charge on any atom is -0.361 e. The predicted octanol–water partition coefficient (Wildman–Crippen LogP) is 5.26. The van der Waals surface area contributed by atoms with E-state index in [1.807, 2.05) is 0 Å². The van der Waals surface area contributed by atoms with Crippen LogP contribution >= 0.6 is 0 Å². The summed E-state index contributed by atoms with van der Waals surface area (Å²) in [5, 5.41) is 3.88. The average molecular weight is 499 g/mol. The molecule has 192 valence electrons. The summed E-state index contributed by atoms with van der Waals surface area (Å²) in [5.41, 5.74) is 6.67. The third kappa shape index (κ3) is 6.63. The molecule has 0 amide bonds. The molecule has 5 nitrogen and oxygen atoms in total. The molecule has 2 fully saturated rings. The van der Waals surface area contributed by atoms with E-state index >= 15 is 0 Å². The Morgan fingerprint density at radius 3 is 2.31 bits per heavy atom. The van der Waals surface area contributed by atoms with Gasteiger partial charge in [-0.15, -0.1) is 0 Å². The summed E-state index contributed by atoms with van der Waals surface area (Å²) < 4.78 is 37.4. The number of piperidine rings is 2. The molecule has 3 aromatic rings. The van der Waals surface area contributed by atoms with Crippen LogP contribution in [0.5, 0.6) is 0 Å². The van der Waals surface area contributed by atoms with Crippen LogP contribution in [0.3, 0.4) is 0 Å². The number of aromatic amines is 1. The van der Waals surface area contributed by atoms with E-state index in [1.54, 1.807) is 0 Å². The zero-order valence-corrected chi connectivity index (χ0v) is 20.5. The van der Waals surface area contributed by atoms with Crippen LogP contribution in [0.25, 0.3) is 17.0 Å². The number of hydrogen-bond acceptors (Lipinski definition) is 4. The molecule has 0 spiro atoms. The fraction of sp³-hybridized carbons (Fsp3) is 0.393. The number of H-pyrrole nitrogens is 1. The maximum absolute atomic E-state index is 12.5. The molecule has 5 rings (SSSR count). The Bertz CT molecular complexity index is 1160. The largest absolute Gasteiger partial charge is 0.361 e. The number of likely N-dealkylation sites (tertiary alicyclic amines) is 1. The lowest BCUT2D eigenvalue weighted by molar-refractivity contribution is -0.104. The van der Waals surface area contributed by atoms with E-state index in [-0.39, 0.29) is 5.56 Å². The van der Waals surface area contributed by atoms with Crippen molar-refractivity contribution < 1.29 is 18.0 Å². The standard InChI is InChI=1S/C19H28N4.C9H5F3O/c1-22-10-8-16(9-11-22)21-23-12-6-15(7-13-23)18-14-20-19-5-3-2-4-17(18)19;10-7-4-6(2-1-3-13)5-8(11)9(7)12/h2-5,14-16,20-21H,6-13H2,1H3;1-5H/b;2-1+. The normalized spacial score (nSPS) is 18.4. The van der Waals surface area contributed by atoms with Crippen molar-refractivity contribution in [3.05, 3.63) is 77.2 Å². The number of para-hydroxylation sites is 1. The zero-order valence-electron chi connectivity index (χ0n) is 20.5. The summed E-state index contributed by atoms with van der Waals surface area (Å²) >= 11 is 0. The van der Waals surface area contributed by atoms with Crippen LogP contribution < -0.4 is 5.43 Å². The van der Waals surface area contributed by atoms with Crippen molar-refractivity contribution in [2.24, 2.45) is 0 Å². The topological polar surface area (TPSA) is 51.4 Å². The van der Waals surface area contributed by atoms with Gasteiger partial charge < -0.3 is 9.88 Å². The minimum atomic E-state index is -1.51. The summed E-state index contributed by atoms with van der Waals surface area (Å²) in [6.07, 6.45) is 9.99. The van der Waals surface area contributed by atoms with Gasteiger partial charge in [-0.25, -0.2) is 18.2 Å². The second-order valence-corrected chi connectivity index (χ2v) is 9.55. The van der Waals surface area contributed by atoms with Gasteiger partial charge in [0.15, 0.2) is 17.5 Å². The second-order valence-electron chi connectivity index (χ2n) is 9.55. The number of carbonyl (C=O) groups excluding carboxylic acids is 1. The van der Waals surface area contributed by atoms with Gasteiger partial charge in [0.1, 0.15) is 6.29 Å². The van der Waals surface area contributed by atoms with E-state index in [9.17, 15) is 18.0 Å². The van der Waals surface area contributed by atoms with Gasteiger partial charge in [0, 0.05) is 36.2 Å². The highest BCUT2D eigenvalue weighted by Crippen LogP contribution is 2.32. The van der Waals surface area contributed by atoms with Crippen LogP contribution in [0, 0.1) is 17.5 Å². The number of benzene rings is 2. The number of allylic oxidation sites excluding steroid dienone is 1. The number of aromatic nitrogens is 1. The molecular formula is C28H33F3N4O. The third-order valence-electron chi connectivity index (χ3n) is 7.01. The zero-order chi connectivity index (χ0) is 25.5. The van der Waals surface area contributed by atoms with Gasteiger partial charge in [0.2, 0.25) is 0 Å². The maximum atomic E-state index is 12.5. The molecule has 0 atom stereocenters. The Balaban J connectivity index is 0.000000200. The SMILES string of the molecule is CN1CCC(NN2CCC(c3c[nH]c4ccccc34)CC2)CC1.O=C/C=C/c1cc(F)c(F)c(F)c1. The van der Waals surface area contributed by atoms with Gasteiger partial charge in [-0.1, -0.05) is 24.3 Å². The number of rotatable bonds is 5. The minimum absolute atomic E-state index is 0.100. The van der Waals surface area contributed by atoms with E-state index in [2.05, 4.69) is 57.8 Å². The summed E-state index contributed by atoms with van der Waals surface area (Å²) in [6, 6.07) is 11.0. The van der Waals surface area contributed by atoms with E-state index in [1.165, 1.54) is 61.3 Å². The van der Waals surface area contributed by atoms with E-state index in [4.69, 9.17) is 0 Å². The predicted molar refractivity (Wildman–Crippen MR) is 137 cm³/mol. The van der Waals surface area contributed by atoms with Gasteiger partial charge in [-0.3, -0.25) is 10.2 Å². The molecule has 0 radical (unpaired) electrons. The molecule has 8 heteroatoms. The first-order valence-electron chi connectivity index (χ1n) is 12.5. The van der Waals surface area contributed by atoms with Crippen LogP contribution in [0.4, 0.5) is 13.2 Å². The van der Waals surface area contributed by atoms with Gasteiger partial charge in [0.05, 0.1) is 0 Å². The van der Waals surface area contributed by atoms with Crippen molar-refractivity contribution in [1.82, 2.24) is 20.3 Å². The van der Waals surface area contributed by atoms with Crippen LogP contribution in [0.1, 0.15) is 42.7 Å². The number of halogens is 3. The Labute approximate surface area is 209 Å². The molecule has 2 aliphatic heterocycles. The molecule has 0 saturated carbocycles. The number of aldehydes is 1. The lowest BCUT2D eigenvalue weighted by atomic mass is 9.89. The Kier molecular flexibility index (Phi) is 8.96. The number of carbonyl (C=O) groups is 1. The molecule has 2 aromatic carbocycles. The maximum Gasteiger partial charge on any atom is 0.194 e. The van der Waals surface area contributed by atoms with Crippen molar-refractivity contribution in [3.63, 3.8) is 0 Å². The van der Waals surface area contributed by atoms with Crippen LogP contribution in [0.2, 0.25) is 0 Å². The molecule has 36 heavy (non-hydrogen) atoms. The molecule has 0 aliphatic carbocycles. The van der Waals surface area contributed by atoms with Crippen molar-refractivity contribution in [1.29, 1.82) is 0 Å². The molecular weight excluding hydrogens is 465 g/mol. The average Bonchev–Trinajstić information content (AvgIpc) is 3.32. The van der Waals surface area contributed by atoms with Crippen molar-refractivity contribution in [2.45, 2.75) is 37.6 Å². The summed E-state index contributed by atoms with van der Waals surface area (Å²) in [4.78, 5) is 15.7. The molecule has 3 heterocycles. The second kappa shape index (κ2) is 12.3. The summed E-state index contributed by atoms with van der Waals surface area (Å²) in [6.45, 7) is 4.78. The lowest BCUT2D eigenvalue weighted by Crippen LogP contribution is -2.51. The highest BCUT2D eigenvalue weighted by atomic mass is 19.2. The molecule has 0 bridgehead atoms. The summed E-state index contributed by atoms with van der Waals surface area (Å²) in [7, 11) is 2.23. The van der Waals surface area contributed by atoms with Gasteiger partial charge >= 0.3 is 0 Å². The van der Waals surface area contributed by atoms with Crippen molar-refractivity contribution >= 4 is 23.3 Å². The quantitative estimate of drug-likeness (QED) is 0.286. The highest BCUT2D eigenvalue weighted by Gasteiger charge is 2.25. The van der Waals surface area contributed by atoms with Gasteiger partial charge in [0.25, 0.3) is 0 Å². The van der Waals surface area contributed by atoms with Crippen molar-refractivity contribution in [3.8, 4) is 0 Å². The first-order chi connectivity index (χ1) is 17.4.